The number of hydrogen-bond donors (Lipinski definition) is 3. The predicted molar refractivity (Wildman–Crippen MR) is 66.0 cm³/mol. The van der Waals surface area contributed by atoms with Crippen LogP contribution in [0.15, 0.2) is 18.2 Å². The molecule has 94 valence electrons. The van der Waals surface area contributed by atoms with Crippen molar-refractivity contribution in [2.24, 2.45) is 0 Å². The summed E-state index contributed by atoms with van der Waals surface area (Å²) in [5.41, 5.74) is 2.34. The number of nitrogens with one attached hydrogen (secondary N) is 1. The molecule has 3 N–H and O–H groups in total. The number of carbonyl (C=O) groups is 2. The van der Waals surface area contributed by atoms with Gasteiger partial charge in [-0.3, -0.25) is 4.79 Å². The first-order chi connectivity index (χ1) is 8.50. The van der Waals surface area contributed by atoms with Crippen LogP contribution in [-0.2, 0) is 11.2 Å². The molecule has 1 aromatic carbocycles. The highest BCUT2D eigenvalue weighted by atomic mass is 16.4. The van der Waals surface area contributed by atoms with E-state index in [0.29, 0.717) is 5.56 Å². The van der Waals surface area contributed by atoms with Crippen molar-refractivity contribution in [3.05, 3.63) is 35.0 Å². The molecule has 0 radical (unpaired) electrons. The van der Waals surface area contributed by atoms with Gasteiger partial charge < -0.3 is 15.2 Å². The van der Waals surface area contributed by atoms with Crippen molar-refractivity contribution in [1.29, 1.82) is 0 Å². The fraction of sp³-hybridized carbons (Fsp3) is 0.231. The number of aromatic nitrogens is 1. The molecule has 0 spiro atoms. The van der Waals surface area contributed by atoms with Gasteiger partial charge in [0.2, 0.25) is 0 Å². The van der Waals surface area contributed by atoms with Gasteiger partial charge in [0.25, 0.3) is 0 Å². The van der Waals surface area contributed by atoms with Gasteiger partial charge in [0, 0.05) is 17.3 Å². The summed E-state index contributed by atoms with van der Waals surface area (Å²) in [4.78, 5) is 24.7. The van der Waals surface area contributed by atoms with Crippen LogP contribution in [0.5, 0.6) is 0 Å². The van der Waals surface area contributed by atoms with E-state index in [2.05, 4.69) is 4.98 Å². The van der Waals surface area contributed by atoms with E-state index in [0.717, 1.165) is 16.5 Å². The maximum atomic E-state index is 11.2. The summed E-state index contributed by atoms with van der Waals surface area (Å²) >= 11 is 0. The molecule has 5 nitrogen and oxygen atoms in total. The Morgan fingerprint density at radius 2 is 2.00 bits per heavy atom. The van der Waals surface area contributed by atoms with E-state index in [9.17, 15) is 9.59 Å². The van der Waals surface area contributed by atoms with Crippen LogP contribution in [0, 0.1) is 6.92 Å². The van der Waals surface area contributed by atoms with Gasteiger partial charge in [-0.25, -0.2) is 4.79 Å². The summed E-state index contributed by atoms with van der Waals surface area (Å²) in [6.07, 6.45) is 0.127. The van der Waals surface area contributed by atoms with Crippen LogP contribution in [0.25, 0.3) is 10.9 Å². The van der Waals surface area contributed by atoms with Gasteiger partial charge in [0.15, 0.2) is 0 Å². The van der Waals surface area contributed by atoms with Gasteiger partial charge >= 0.3 is 11.9 Å². The summed E-state index contributed by atoms with van der Waals surface area (Å²) in [6, 6.07) is 5.52. The number of aliphatic carboxylic acids is 1. The third-order valence-electron chi connectivity index (χ3n) is 2.95. The van der Waals surface area contributed by atoms with Crippen LogP contribution in [0.3, 0.4) is 0 Å². The van der Waals surface area contributed by atoms with Crippen molar-refractivity contribution >= 4 is 22.8 Å². The Kier molecular flexibility index (Phi) is 3.06. The molecule has 0 aliphatic carbocycles. The van der Waals surface area contributed by atoms with Gasteiger partial charge in [-0.05, 0) is 24.5 Å². The molecule has 18 heavy (non-hydrogen) atoms. The zero-order valence-corrected chi connectivity index (χ0v) is 9.86. The first kappa shape index (κ1) is 12.2. The van der Waals surface area contributed by atoms with Gasteiger partial charge in [0.05, 0.1) is 0 Å². The van der Waals surface area contributed by atoms with Crippen molar-refractivity contribution < 1.29 is 19.8 Å². The van der Waals surface area contributed by atoms with Gasteiger partial charge in [-0.15, -0.1) is 0 Å². The van der Waals surface area contributed by atoms with E-state index in [1.807, 2.05) is 25.1 Å². The third kappa shape index (κ3) is 2.07. The standard InChI is InChI=1S/C13H13NO4/c1-7-3-2-4-8-9(5-6-10(15)16)12(13(17)18)14-11(7)8/h2-4,14H,5-6H2,1H3,(H,15,16)(H,17,18). The molecular formula is C13H13NO4. The first-order valence-corrected chi connectivity index (χ1v) is 5.56. The Hall–Kier alpha value is -2.30. The average molecular weight is 247 g/mol. The Bertz CT molecular complexity index is 627. The zero-order valence-electron chi connectivity index (χ0n) is 9.86. The highest BCUT2D eigenvalue weighted by Crippen LogP contribution is 2.26. The molecule has 0 fully saturated rings. The number of aryl methyl sites for hydroxylation is 2. The molecule has 0 bridgehead atoms. The second kappa shape index (κ2) is 4.52. The minimum atomic E-state index is -1.06. The predicted octanol–water partition coefficient (Wildman–Crippen LogP) is 2.19. The number of H-pyrrole nitrogens is 1. The van der Waals surface area contributed by atoms with Gasteiger partial charge in [0.1, 0.15) is 5.69 Å². The fourth-order valence-corrected chi connectivity index (χ4v) is 2.09. The Morgan fingerprint density at radius 3 is 2.61 bits per heavy atom. The number of rotatable bonds is 4. The average Bonchev–Trinajstić information content (AvgIpc) is 2.66. The van der Waals surface area contributed by atoms with Crippen LogP contribution >= 0.6 is 0 Å². The molecule has 0 saturated carbocycles. The molecule has 5 heteroatoms. The van der Waals surface area contributed by atoms with E-state index in [-0.39, 0.29) is 18.5 Å². The number of para-hydroxylation sites is 1. The second-order valence-corrected chi connectivity index (χ2v) is 4.17. The normalized spacial score (nSPS) is 10.7. The van der Waals surface area contributed by atoms with Crippen LogP contribution in [0.1, 0.15) is 28.0 Å². The van der Waals surface area contributed by atoms with Crippen LogP contribution < -0.4 is 0 Å². The van der Waals surface area contributed by atoms with Crippen LogP contribution in [-0.4, -0.2) is 27.1 Å². The Balaban J connectivity index is 2.59. The summed E-state index contributed by atoms with van der Waals surface area (Å²) < 4.78 is 0. The first-order valence-electron chi connectivity index (χ1n) is 5.56. The van der Waals surface area contributed by atoms with Crippen molar-refractivity contribution in [1.82, 2.24) is 4.98 Å². The van der Waals surface area contributed by atoms with E-state index >= 15 is 0 Å². The minimum Gasteiger partial charge on any atom is -0.481 e. The number of aromatic amines is 1. The van der Waals surface area contributed by atoms with E-state index in [1.54, 1.807) is 0 Å². The van der Waals surface area contributed by atoms with Crippen molar-refractivity contribution in [3.63, 3.8) is 0 Å². The van der Waals surface area contributed by atoms with Gasteiger partial charge in [-0.2, -0.15) is 0 Å². The largest absolute Gasteiger partial charge is 0.481 e. The lowest BCUT2D eigenvalue weighted by Gasteiger charge is -1.99. The SMILES string of the molecule is Cc1cccc2c(CCC(=O)O)c(C(=O)O)[nH]c12. The molecular weight excluding hydrogens is 234 g/mol. The number of hydrogen-bond acceptors (Lipinski definition) is 2. The topological polar surface area (TPSA) is 90.4 Å². The molecule has 2 rings (SSSR count). The van der Waals surface area contributed by atoms with E-state index in [1.165, 1.54) is 0 Å². The van der Waals surface area contributed by atoms with Gasteiger partial charge in [-0.1, -0.05) is 18.2 Å². The minimum absolute atomic E-state index is 0.0822. The van der Waals surface area contributed by atoms with E-state index in [4.69, 9.17) is 10.2 Å². The number of carboxylic acid groups (broad SMARTS) is 2. The van der Waals surface area contributed by atoms with Crippen molar-refractivity contribution in [2.45, 2.75) is 19.8 Å². The monoisotopic (exact) mass is 247 g/mol. The lowest BCUT2D eigenvalue weighted by molar-refractivity contribution is -0.136. The molecule has 0 unspecified atom stereocenters. The zero-order chi connectivity index (χ0) is 13.3. The highest BCUT2D eigenvalue weighted by Gasteiger charge is 2.18. The maximum absolute atomic E-state index is 11.2. The Morgan fingerprint density at radius 1 is 1.28 bits per heavy atom. The van der Waals surface area contributed by atoms with Crippen LogP contribution in [0.2, 0.25) is 0 Å². The second-order valence-electron chi connectivity index (χ2n) is 4.17. The lowest BCUT2D eigenvalue weighted by atomic mass is 10.0. The molecule has 1 heterocycles. The van der Waals surface area contributed by atoms with Crippen molar-refractivity contribution in [3.8, 4) is 0 Å². The smallest absolute Gasteiger partial charge is 0.352 e. The number of benzene rings is 1. The van der Waals surface area contributed by atoms with Crippen LogP contribution in [0.4, 0.5) is 0 Å². The molecule has 0 aliphatic heterocycles. The summed E-state index contributed by atoms with van der Waals surface area (Å²) in [7, 11) is 0. The third-order valence-corrected chi connectivity index (χ3v) is 2.95. The highest BCUT2D eigenvalue weighted by molar-refractivity contribution is 5.98. The van der Waals surface area contributed by atoms with Crippen molar-refractivity contribution in [2.75, 3.05) is 0 Å². The number of aromatic carboxylic acids is 1. The summed E-state index contributed by atoms with van der Waals surface area (Å²) in [5, 5.41) is 18.6. The molecule has 1 aromatic heterocycles. The number of carboxylic acids is 2. The molecule has 2 aromatic rings. The lowest BCUT2D eigenvalue weighted by Crippen LogP contribution is -2.04. The van der Waals surface area contributed by atoms with E-state index < -0.39 is 11.9 Å². The molecule has 0 amide bonds. The molecule has 0 atom stereocenters. The summed E-state index contributed by atoms with van der Waals surface area (Å²) in [6.45, 7) is 1.88. The summed E-state index contributed by atoms with van der Waals surface area (Å²) in [5.74, 6) is -2.00. The fourth-order valence-electron chi connectivity index (χ4n) is 2.09. The quantitative estimate of drug-likeness (QED) is 0.772. The molecule has 0 aliphatic rings. The number of fused-ring (bicyclic) bond motifs is 1. The Labute approximate surface area is 103 Å². The molecule has 0 saturated heterocycles. The maximum Gasteiger partial charge on any atom is 0.352 e.